The van der Waals surface area contributed by atoms with Gasteiger partial charge in [-0.05, 0) is 57.6 Å². The average molecular weight is 278 g/mol. The first-order chi connectivity index (χ1) is 9.20. The van der Waals surface area contributed by atoms with Gasteiger partial charge < -0.3 is 5.32 Å². The summed E-state index contributed by atoms with van der Waals surface area (Å²) < 4.78 is 0. The number of thiophene rings is 1. The molecule has 0 atom stereocenters. The molecule has 2 aliphatic carbocycles. The van der Waals surface area contributed by atoms with Crippen LogP contribution in [0.2, 0.25) is 0 Å². The van der Waals surface area contributed by atoms with E-state index in [1.54, 1.807) is 0 Å². The molecule has 0 radical (unpaired) electrons. The van der Waals surface area contributed by atoms with Crippen molar-refractivity contribution in [2.75, 3.05) is 6.54 Å². The maximum atomic E-state index is 3.60. The SMILES string of the molecule is CC(C)N(Cc1ccc(CNC2CC2)s1)CC1CC1. The first-order valence-electron chi connectivity index (χ1n) is 7.75. The third-order valence-electron chi connectivity index (χ3n) is 4.14. The van der Waals surface area contributed by atoms with Gasteiger partial charge in [0.1, 0.15) is 0 Å². The number of hydrogen-bond acceptors (Lipinski definition) is 3. The second kappa shape index (κ2) is 5.94. The van der Waals surface area contributed by atoms with Crippen LogP contribution in [0, 0.1) is 5.92 Å². The number of rotatable bonds is 8. The van der Waals surface area contributed by atoms with E-state index in [9.17, 15) is 0 Å². The normalized spacial score (nSPS) is 19.6. The summed E-state index contributed by atoms with van der Waals surface area (Å²) in [5.74, 6) is 0.985. The zero-order valence-electron chi connectivity index (χ0n) is 12.2. The lowest BCUT2D eigenvalue weighted by atomic mass is 10.2. The van der Waals surface area contributed by atoms with Gasteiger partial charge in [0.25, 0.3) is 0 Å². The van der Waals surface area contributed by atoms with Gasteiger partial charge in [-0.3, -0.25) is 4.90 Å². The summed E-state index contributed by atoms with van der Waals surface area (Å²) in [5.41, 5.74) is 0. The van der Waals surface area contributed by atoms with Gasteiger partial charge in [0, 0.05) is 41.5 Å². The van der Waals surface area contributed by atoms with Crippen LogP contribution in [0.3, 0.4) is 0 Å². The Morgan fingerprint density at radius 2 is 1.95 bits per heavy atom. The molecule has 0 spiro atoms. The minimum atomic E-state index is 0.663. The van der Waals surface area contributed by atoms with E-state index < -0.39 is 0 Å². The Morgan fingerprint density at radius 1 is 1.21 bits per heavy atom. The quantitative estimate of drug-likeness (QED) is 0.781. The number of nitrogens with one attached hydrogen (secondary N) is 1. The van der Waals surface area contributed by atoms with Crippen LogP contribution in [0.25, 0.3) is 0 Å². The summed E-state index contributed by atoms with van der Waals surface area (Å²) in [6, 6.07) is 6.12. The van der Waals surface area contributed by atoms with E-state index in [-0.39, 0.29) is 0 Å². The maximum Gasteiger partial charge on any atom is 0.0330 e. The topological polar surface area (TPSA) is 15.3 Å². The lowest BCUT2D eigenvalue weighted by Crippen LogP contribution is -2.31. The Balaban J connectivity index is 1.51. The molecule has 2 nitrogen and oxygen atoms in total. The Labute approximate surface area is 121 Å². The highest BCUT2D eigenvalue weighted by Crippen LogP contribution is 2.31. The van der Waals surface area contributed by atoms with E-state index in [0.29, 0.717) is 6.04 Å². The van der Waals surface area contributed by atoms with Crippen molar-refractivity contribution in [1.29, 1.82) is 0 Å². The van der Waals surface area contributed by atoms with Gasteiger partial charge >= 0.3 is 0 Å². The number of hydrogen-bond donors (Lipinski definition) is 1. The molecule has 0 saturated heterocycles. The first kappa shape index (κ1) is 13.6. The molecule has 2 saturated carbocycles. The highest BCUT2D eigenvalue weighted by molar-refractivity contribution is 7.11. The van der Waals surface area contributed by atoms with E-state index in [0.717, 1.165) is 25.0 Å². The van der Waals surface area contributed by atoms with Gasteiger partial charge in [-0.2, -0.15) is 0 Å². The predicted molar refractivity (Wildman–Crippen MR) is 82.5 cm³/mol. The van der Waals surface area contributed by atoms with Crippen molar-refractivity contribution in [3.05, 3.63) is 21.9 Å². The first-order valence-corrected chi connectivity index (χ1v) is 8.57. The summed E-state index contributed by atoms with van der Waals surface area (Å²) in [7, 11) is 0. The van der Waals surface area contributed by atoms with Crippen LogP contribution >= 0.6 is 11.3 Å². The molecule has 1 aromatic heterocycles. The van der Waals surface area contributed by atoms with Crippen molar-refractivity contribution in [3.8, 4) is 0 Å². The van der Waals surface area contributed by atoms with Crippen molar-refractivity contribution in [2.45, 2.75) is 64.7 Å². The molecule has 1 heterocycles. The fourth-order valence-corrected chi connectivity index (χ4v) is 3.42. The smallest absolute Gasteiger partial charge is 0.0330 e. The minimum absolute atomic E-state index is 0.663. The summed E-state index contributed by atoms with van der Waals surface area (Å²) in [6.07, 6.45) is 5.65. The third-order valence-corrected chi connectivity index (χ3v) is 5.21. The second-order valence-electron chi connectivity index (χ2n) is 6.49. The van der Waals surface area contributed by atoms with Gasteiger partial charge in [-0.1, -0.05) is 0 Å². The lowest BCUT2D eigenvalue weighted by molar-refractivity contribution is 0.205. The van der Waals surface area contributed by atoms with Crippen LogP contribution < -0.4 is 5.32 Å². The van der Waals surface area contributed by atoms with Gasteiger partial charge in [0.15, 0.2) is 0 Å². The van der Waals surface area contributed by atoms with E-state index >= 15 is 0 Å². The van der Waals surface area contributed by atoms with Crippen LogP contribution in [-0.2, 0) is 13.1 Å². The van der Waals surface area contributed by atoms with Gasteiger partial charge in [0.2, 0.25) is 0 Å². The van der Waals surface area contributed by atoms with E-state index in [2.05, 4.69) is 36.2 Å². The fourth-order valence-electron chi connectivity index (χ4n) is 2.42. The molecule has 19 heavy (non-hydrogen) atoms. The Kier molecular flexibility index (Phi) is 4.25. The Morgan fingerprint density at radius 3 is 2.58 bits per heavy atom. The summed E-state index contributed by atoms with van der Waals surface area (Å²) in [4.78, 5) is 5.67. The highest BCUT2D eigenvalue weighted by Gasteiger charge is 2.25. The predicted octanol–water partition coefficient (Wildman–Crippen LogP) is 3.62. The molecule has 0 amide bonds. The van der Waals surface area contributed by atoms with Gasteiger partial charge in [-0.15, -0.1) is 11.3 Å². The monoisotopic (exact) mass is 278 g/mol. The molecule has 106 valence electrons. The number of nitrogens with zero attached hydrogens (tertiary/aromatic N) is 1. The summed E-state index contributed by atoms with van der Waals surface area (Å²) >= 11 is 1.99. The van der Waals surface area contributed by atoms with Crippen molar-refractivity contribution >= 4 is 11.3 Å². The zero-order chi connectivity index (χ0) is 13.2. The van der Waals surface area contributed by atoms with Gasteiger partial charge in [-0.25, -0.2) is 0 Å². The molecule has 0 aliphatic heterocycles. The van der Waals surface area contributed by atoms with Crippen LogP contribution in [0.4, 0.5) is 0 Å². The van der Waals surface area contributed by atoms with Crippen molar-refractivity contribution in [1.82, 2.24) is 10.2 Å². The van der Waals surface area contributed by atoms with Crippen LogP contribution in [0.5, 0.6) is 0 Å². The molecule has 1 aromatic rings. The standard InChI is InChI=1S/C16H26N2S/c1-12(2)18(10-13-3-4-13)11-16-8-7-15(19-16)9-17-14-5-6-14/h7-8,12-14,17H,3-6,9-11H2,1-2H3. The van der Waals surface area contributed by atoms with E-state index in [1.807, 2.05) is 11.3 Å². The molecule has 1 N–H and O–H groups in total. The molecule has 0 unspecified atom stereocenters. The summed E-state index contributed by atoms with van der Waals surface area (Å²) in [6.45, 7) is 8.16. The molecular weight excluding hydrogens is 252 g/mol. The average Bonchev–Trinajstić information content (AvgIpc) is 3.28. The van der Waals surface area contributed by atoms with Gasteiger partial charge in [0.05, 0.1) is 0 Å². The maximum absolute atomic E-state index is 3.60. The molecular formula is C16H26N2S. The minimum Gasteiger partial charge on any atom is -0.309 e. The summed E-state index contributed by atoms with van der Waals surface area (Å²) in [5, 5.41) is 3.60. The largest absolute Gasteiger partial charge is 0.309 e. The van der Waals surface area contributed by atoms with Crippen molar-refractivity contribution in [2.24, 2.45) is 5.92 Å². The fraction of sp³-hybridized carbons (Fsp3) is 0.750. The zero-order valence-corrected chi connectivity index (χ0v) is 13.0. The molecule has 2 aliphatic rings. The Hall–Kier alpha value is -0.380. The molecule has 3 heteroatoms. The Bertz CT molecular complexity index is 405. The molecule has 0 bridgehead atoms. The molecule has 2 fully saturated rings. The van der Waals surface area contributed by atoms with Crippen LogP contribution in [-0.4, -0.2) is 23.5 Å². The highest BCUT2D eigenvalue weighted by atomic mass is 32.1. The van der Waals surface area contributed by atoms with Crippen LogP contribution in [0.15, 0.2) is 12.1 Å². The lowest BCUT2D eigenvalue weighted by Gasteiger charge is -2.25. The van der Waals surface area contributed by atoms with E-state index in [1.165, 1.54) is 42.0 Å². The van der Waals surface area contributed by atoms with E-state index in [4.69, 9.17) is 0 Å². The third kappa shape index (κ3) is 4.30. The van der Waals surface area contributed by atoms with Crippen molar-refractivity contribution < 1.29 is 0 Å². The van der Waals surface area contributed by atoms with Crippen LogP contribution in [0.1, 0.15) is 49.3 Å². The van der Waals surface area contributed by atoms with Crippen molar-refractivity contribution in [3.63, 3.8) is 0 Å². The molecule has 0 aromatic carbocycles. The molecule has 3 rings (SSSR count). The second-order valence-corrected chi connectivity index (χ2v) is 7.74.